The van der Waals surface area contributed by atoms with E-state index in [0.717, 1.165) is 0 Å². The molecule has 0 spiro atoms. The van der Waals surface area contributed by atoms with E-state index in [2.05, 4.69) is 0 Å². The summed E-state index contributed by atoms with van der Waals surface area (Å²) in [5, 5.41) is 19.3. The van der Waals surface area contributed by atoms with Crippen LogP contribution in [0.25, 0.3) is 0 Å². The highest BCUT2D eigenvalue weighted by atomic mass is 16.6. The average molecular weight is 210 g/mol. The summed E-state index contributed by atoms with van der Waals surface area (Å²) in [7, 11) is 0. The zero-order chi connectivity index (χ0) is 11.6. The Morgan fingerprint density at radius 2 is 2.20 bits per heavy atom. The molecule has 0 aliphatic carbocycles. The Morgan fingerprint density at radius 1 is 1.60 bits per heavy atom. The number of carboxylic acids is 1. The molecule has 0 unspecified atom stereocenters. The first-order valence-corrected chi connectivity index (χ1v) is 4.20. The molecule has 0 fully saturated rings. The van der Waals surface area contributed by atoms with E-state index in [0.29, 0.717) is 5.56 Å². The minimum Gasteiger partial charge on any atom is -0.481 e. The Balaban J connectivity index is 3.18. The topological polar surface area (TPSA) is 106 Å². The first kappa shape index (κ1) is 11.0. The first-order valence-electron chi connectivity index (χ1n) is 4.20. The minimum absolute atomic E-state index is 0.0290. The smallest absolute Gasteiger partial charge is 0.310 e. The van der Waals surface area contributed by atoms with E-state index in [1.165, 1.54) is 25.1 Å². The number of hydrogen-bond donors (Lipinski definition) is 2. The van der Waals surface area contributed by atoms with Crippen molar-refractivity contribution in [2.75, 3.05) is 5.73 Å². The van der Waals surface area contributed by atoms with Gasteiger partial charge in [0.2, 0.25) is 0 Å². The van der Waals surface area contributed by atoms with Gasteiger partial charge in [0.25, 0.3) is 5.69 Å². The van der Waals surface area contributed by atoms with E-state index < -0.39 is 16.8 Å². The van der Waals surface area contributed by atoms with Gasteiger partial charge in [-0.1, -0.05) is 6.07 Å². The molecule has 1 rings (SSSR count). The number of anilines is 1. The molecule has 0 saturated carbocycles. The summed E-state index contributed by atoms with van der Waals surface area (Å²) in [6, 6.07) is 4.00. The van der Waals surface area contributed by atoms with Crippen molar-refractivity contribution in [2.45, 2.75) is 12.8 Å². The van der Waals surface area contributed by atoms with Crippen molar-refractivity contribution >= 4 is 17.3 Å². The summed E-state index contributed by atoms with van der Waals surface area (Å²) in [5.74, 6) is -1.82. The van der Waals surface area contributed by atoms with Gasteiger partial charge in [0.05, 0.1) is 10.8 Å². The van der Waals surface area contributed by atoms with Crippen LogP contribution in [0.15, 0.2) is 18.2 Å². The molecule has 1 aromatic rings. The van der Waals surface area contributed by atoms with Gasteiger partial charge in [0.15, 0.2) is 0 Å². The predicted molar refractivity (Wildman–Crippen MR) is 53.6 cm³/mol. The molecular formula is C9H10N2O4. The van der Waals surface area contributed by atoms with Crippen LogP contribution >= 0.6 is 0 Å². The molecule has 80 valence electrons. The molecule has 1 aromatic carbocycles. The molecule has 15 heavy (non-hydrogen) atoms. The third-order valence-corrected chi connectivity index (χ3v) is 2.12. The van der Waals surface area contributed by atoms with Gasteiger partial charge in [-0.25, -0.2) is 0 Å². The van der Waals surface area contributed by atoms with Crippen LogP contribution in [0.5, 0.6) is 0 Å². The molecule has 0 amide bonds. The Labute approximate surface area is 85.5 Å². The third-order valence-electron chi connectivity index (χ3n) is 2.12. The summed E-state index contributed by atoms with van der Waals surface area (Å²) in [4.78, 5) is 20.6. The maximum atomic E-state index is 10.7. The second-order valence-corrected chi connectivity index (χ2v) is 3.14. The number of carbonyl (C=O) groups is 1. The molecule has 3 N–H and O–H groups in total. The van der Waals surface area contributed by atoms with Crippen molar-refractivity contribution in [3.63, 3.8) is 0 Å². The number of carboxylic acid groups (broad SMARTS) is 1. The van der Waals surface area contributed by atoms with Gasteiger partial charge in [0, 0.05) is 6.07 Å². The number of nitrogens with zero attached hydrogens (tertiary/aromatic N) is 1. The normalized spacial score (nSPS) is 12.1. The van der Waals surface area contributed by atoms with E-state index in [9.17, 15) is 14.9 Å². The van der Waals surface area contributed by atoms with Crippen LogP contribution in [-0.4, -0.2) is 16.0 Å². The number of aliphatic carboxylic acids is 1. The number of nitrogen functional groups attached to an aromatic ring is 1. The van der Waals surface area contributed by atoms with Crippen LogP contribution < -0.4 is 5.73 Å². The van der Waals surface area contributed by atoms with Crippen LogP contribution in [0.1, 0.15) is 18.4 Å². The second kappa shape index (κ2) is 3.95. The number of nitrogens with two attached hydrogens (primary N) is 1. The standard InChI is InChI=1S/C9H10N2O4/c1-5(9(12)13)6-2-3-7(10)8(4-6)11(14)15/h2-5H,10H2,1H3,(H,12,13)/t5-/m1/s1. The van der Waals surface area contributed by atoms with Gasteiger partial charge in [-0.3, -0.25) is 14.9 Å². The van der Waals surface area contributed by atoms with Crippen LogP contribution in [0.2, 0.25) is 0 Å². The Kier molecular flexibility index (Phi) is 2.89. The lowest BCUT2D eigenvalue weighted by Crippen LogP contribution is -2.08. The van der Waals surface area contributed by atoms with Gasteiger partial charge in [-0.05, 0) is 18.6 Å². The molecule has 6 heteroatoms. The molecule has 0 aliphatic heterocycles. The molecule has 0 aromatic heterocycles. The highest BCUT2D eigenvalue weighted by molar-refractivity contribution is 5.76. The van der Waals surface area contributed by atoms with Gasteiger partial charge < -0.3 is 10.8 Å². The number of benzene rings is 1. The molecule has 0 aliphatic rings. The van der Waals surface area contributed by atoms with Gasteiger partial charge >= 0.3 is 5.97 Å². The van der Waals surface area contributed by atoms with Crippen molar-refractivity contribution in [3.05, 3.63) is 33.9 Å². The van der Waals surface area contributed by atoms with E-state index >= 15 is 0 Å². The van der Waals surface area contributed by atoms with Crippen molar-refractivity contribution < 1.29 is 14.8 Å². The van der Waals surface area contributed by atoms with Crippen molar-refractivity contribution in [2.24, 2.45) is 0 Å². The first-order chi connectivity index (χ1) is 6.93. The molecule has 0 heterocycles. The number of nitro groups is 1. The fourth-order valence-electron chi connectivity index (χ4n) is 1.13. The zero-order valence-corrected chi connectivity index (χ0v) is 8.01. The summed E-state index contributed by atoms with van der Waals surface area (Å²) in [5.41, 5.74) is 5.51. The van der Waals surface area contributed by atoms with Gasteiger partial charge in [-0.15, -0.1) is 0 Å². The summed E-state index contributed by atoms with van der Waals surface area (Å²) in [6.45, 7) is 1.46. The number of rotatable bonds is 3. The molecule has 0 radical (unpaired) electrons. The van der Waals surface area contributed by atoms with Crippen molar-refractivity contribution in [1.82, 2.24) is 0 Å². The monoisotopic (exact) mass is 210 g/mol. The lowest BCUT2D eigenvalue weighted by Gasteiger charge is -2.06. The predicted octanol–water partition coefficient (Wildman–Crippen LogP) is 1.37. The maximum Gasteiger partial charge on any atom is 0.310 e. The summed E-state index contributed by atoms with van der Waals surface area (Å²) < 4.78 is 0. The molecule has 1 atom stereocenters. The number of hydrogen-bond acceptors (Lipinski definition) is 4. The fourth-order valence-corrected chi connectivity index (χ4v) is 1.13. The van der Waals surface area contributed by atoms with Crippen LogP contribution in [-0.2, 0) is 4.79 Å². The van der Waals surface area contributed by atoms with Crippen LogP contribution in [0.3, 0.4) is 0 Å². The lowest BCUT2D eigenvalue weighted by atomic mass is 10.0. The summed E-state index contributed by atoms with van der Waals surface area (Å²) in [6.07, 6.45) is 0. The highest BCUT2D eigenvalue weighted by Gasteiger charge is 2.18. The molecule has 0 saturated heterocycles. The molecule has 6 nitrogen and oxygen atoms in total. The molecule has 0 bridgehead atoms. The van der Waals surface area contributed by atoms with Crippen molar-refractivity contribution in [1.29, 1.82) is 0 Å². The zero-order valence-electron chi connectivity index (χ0n) is 8.01. The Hall–Kier alpha value is -2.11. The van der Waals surface area contributed by atoms with Gasteiger partial charge in [-0.2, -0.15) is 0 Å². The second-order valence-electron chi connectivity index (χ2n) is 3.14. The fraction of sp³-hybridized carbons (Fsp3) is 0.222. The lowest BCUT2D eigenvalue weighted by molar-refractivity contribution is -0.384. The SMILES string of the molecule is C[C@@H](C(=O)O)c1ccc(N)c([N+](=O)[O-])c1. The number of nitro benzene ring substituents is 1. The quantitative estimate of drug-likeness (QED) is 0.445. The average Bonchev–Trinajstić information content (AvgIpc) is 2.16. The van der Waals surface area contributed by atoms with E-state index in [1.54, 1.807) is 0 Å². The van der Waals surface area contributed by atoms with E-state index in [1.807, 2.05) is 0 Å². The third kappa shape index (κ3) is 2.22. The Morgan fingerprint density at radius 3 is 2.67 bits per heavy atom. The largest absolute Gasteiger partial charge is 0.481 e. The van der Waals surface area contributed by atoms with Gasteiger partial charge in [0.1, 0.15) is 5.69 Å². The Bertz CT molecular complexity index is 417. The van der Waals surface area contributed by atoms with E-state index in [4.69, 9.17) is 10.8 Å². The maximum absolute atomic E-state index is 10.7. The van der Waals surface area contributed by atoms with Crippen LogP contribution in [0.4, 0.5) is 11.4 Å². The van der Waals surface area contributed by atoms with Crippen LogP contribution in [0, 0.1) is 10.1 Å². The highest BCUT2D eigenvalue weighted by Crippen LogP contribution is 2.26. The minimum atomic E-state index is -1.03. The molecular weight excluding hydrogens is 200 g/mol. The van der Waals surface area contributed by atoms with E-state index in [-0.39, 0.29) is 11.4 Å². The summed E-state index contributed by atoms with van der Waals surface area (Å²) >= 11 is 0. The van der Waals surface area contributed by atoms with Crippen molar-refractivity contribution in [3.8, 4) is 0 Å².